The molecule has 0 fully saturated rings. The van der Waals surface area contributed by atoms with Crippen LogP contribution >= 0.6 is 0 Å². The molecule has 15 heavy (non-hydrogen) atoms. The molecule has 6 heteroatoms. The molecule has 6 nitrogen and oxygen atoms in total. The highest BCUT2D eigenvalue weighted by molar-refractivity contribution is 5.90. The lowest BCUT2D eigenvalue weighted by Crippen LogP contribution is -2.11. The van der Waals surface area contributed by atoms with Gasteiger partial charge < -0.3 is 4.74 Å². The maximum atomic E-state index is 11.5. The van der Waals surface area contributed by atoms with Crippen molar-refractivity contribution in [2.75, 3.05) is 6.61 Å². The molecule has 0 radical (unpaired) electrons. The number of ether oxygens (including phenoxy) is 1. The monoisotopic (exact) mass is 206 g/mol. The summed E-state index contributed by atoms with van der Waals surface area (Å²) in [5.41, 5.74) is 1.09. The van der Waals surface area contributed by atoms with E-state index in [9.17, 15) is 4.79 Å². The van der Waals surface area contributed by atoms with Crippen LogP contribution in [0.5, 0.6) is 0 Å². The van der Waals surface area contributed by atoms with Gasteiger partial charge in [0.25, 0.3) is 5.78 Å². The van der Waals surface area contributed by atoms with Crippen LogP contribution in [0.15, 0.2) is 12.5 Å². The predicted molar refractivity (Wildman–Crippen MR) is 51.5 cm³/mol. The number of hydrogen-bond acceptors (Lipinski definition) is 5. The normalized spacial score (nSPS) is 10.5. The second-order valence-corrected chi connectivity index (χ2v) is 2.95. The zero-order valence-electron chi connectivity index (χ0n) is 8.47. The van der Waals surface area contributed by atoms with Gasteiger partial charge in [0.15, 0.2) is 0 Å². The van der Waals surface area contributed by atoms with Gasteiger partial charge in [0.05, 0.1) is 17.9 Å². The molecule has 0 N–H and O–H groups in total. The summed E-state index contributed by atoms with van der Waals surface area (Å²) in [5.74, 6) is 0.0837. The Bertz CT molecular complexity index is 506. The summed E-state index contributed by atoms with van der Waals surface area (Å²) in [6.45, 7) is 3.87. The Morgan fingerprint density at radius 2 is 2.33 bits per heavy atom. The van der Waals surface area contributed by atoms with Crippen LogP contribution in [-0.2, 0) is 4.74 Å². The predicted octanol–water partition coefficient (Wildman–Crippen LogP) is 0.609. The Morgan fingerprint density at radius 3 is 3.07 bits per heavy atom. The first kappa shape index (κ1) is 9.57. The van der Waals surface area contributed by atoms with Gasteiger partial charge in [0, 0.05) is 6.20 Å². The van der Waals surface area contributed by atoms with Gasteiger partial charge in [0.1, 0.15) is 6.33 Å². The van der Waals surface area contributed by atoms with Crippen molar-refractivity contribution in [2.24, 2.45) is 0 Å². The van der Waals surface area contributed by atoms with Gasteiger partial charge in [-0.2, -0.15) is 10.1 Å². The van der Waals surface area contributed by atoms with E-state index in [1.54, 1.807) is 13.8 Å². The molecule has 0 unspecified atom stereocenters. The van der Waals surface area contributed by atoms with Gasteiger partial charge in [-0.3, -0.25) is 0 Å². The number of esters is 1. The Morgan fingerprint density at radius 1 is 1.53 bits per heavy atom. The Labute approximate surface area is 85.9 Å². The molecule has 2 aromatic rings. The average Bonchev–Trinajstić information content (AvgIpc) is 2.67. The summed E-state index contributed by atoms with van der Waals surface area (Å²) in [4.78, 5) is 19.4. The number of nitrogens with zero attached hydrogens (tertiary/aromatic N) is 4. The van der Waals surface area contributed by atoms with Crippen molar-refractivity contribution in [1.82, 2.24) is 19.6 Å². The summed E-state index contributed by atoms with van der Waals surface area (Å²) in [5, 5.41) is 3.96. The fourth-order valence-electron chi connectivity index (χ4n) is 1.30. The molecule has 2 heterocycles. The van der Waals surface area contributed by atoms with Crippen LogP contribution in [0, 0.1) is 6.92 Å². The third-order valence-electron chi connectivity index (χ3n) is 2.04. The molecule has 78 valence electrons. The van der Waals surface area contributed by atoms with Crippen LogP contribution in [0.3, 0.4) is 0 Å². The van der Waals surface area contributed by atoms with Gasteiger partial charge in [-0.05, 0) is 13.8 Å². The number of aryl methyl sites for hydroxylation is 1. The molecule has 0 saturated heterocycles. The number of aromatic nitrogens is 4. The molecule has 0 aliphatic rings. The fourth-order valence-corrected chi connectivity index (χ4v) is 1.30. The number of hydrogen-bond donors (Lipinski definition) is 0. The minimum absolute atomic E-state index is 0.341. The van der Waals surface area contributed by atoms with Crippen LogP contribution in [0.25, 0.3) is 5.78 Å². The van der Waals surface area contributed by atoms with E-state index in [0.29, 0.717) is 23.6 Å². The second kappa shape index (κ2) is 3.64. The summed E-state index contributed by atoms with van der Waals surface area (Å²) < 4.78 is 6.40. The lowest BCUT2D eigenvalue weighted by molar-refractivity contribution is 0.0524. The van der Waals surface area contributed by atoms with Crippen molar-refractivity contribution in [3.63, 3.8) is 0 Å². The molecule has 0 amide bonds. The SMILES string of the molecule is CCOC(=O)c1cnc2ncnn2c1C. The molecule has 0 atom stereocenters. The van der Waals surface area contributed by atoms with E-state index in [2.05, 4.69) is 15.1 Å². The number of carbonyl (C=O) groups excluding carboxylic acids is 1. The van der Waals surface area contributed by atoms with E-state index >= 15 is 0 Å². The van der Waals surface area contributed by atoms with Crippen LogP contribution < -0.4 is 0 Å². The van der Waals surface area contributed by atoms with E-state index in [-0.39, 0.29) is 5.97 Å². The Kier molecular flexibility index (Phi) is 2.32. The Balaban J connectivity index is 2.52. The van der Waals surface area contributed by atoms with Crippen LogP contribution in [0.2, 0.25) is 0 Å². The van der Waals surface area contributed by atoms with Gasteiger partial charge in [0.2, 0.25) is 0 Å². The van der Waals surface area contributed by atoms with Crippen molar-refractivity contribution >= 4 is 11.7 Å². The number of rotatable bonds is 2. The van der Waals surface area contributed by atoms with Gasteiger partial charge >= 0.3 is 5.97 Å². The zero-order valence-corrected chi connectivity index (χ0v) is 8.47. The van der Waals surface area contributed by atoms with E-state index in [0.717, 1.165) is 0 Å². The standard InChI is InChI=1S/C9H10N4O2/c1-3-15-8(14)7-4-10-9-11-5-12-13(9)6(7)2/h4-5H,3H2,1-2H3. The van der Waals surface area contributed by atoms with Crippen molar-refractivity contribution < 1.29 is 9.53 Å². The van der Waals surface area contributed by atoms with E-state index in [1.165, 1.54) is 17.0 Å². The topological polar surface area (TPSA) is 69.4 Å². The van der Waals surface area contributed by atoms with Crippen molar-refractivity contribution in [1.29, 1.82) is 0 Å². The third kappa shape index (κ3) is 1.54. The van der Waals surface area contributed by atoms with Crippen LogP contribution in [-0.4, -0.2) is 32.2 Å². The van der Waals surface area contributed by atoms with Gasteiger partial charge in [-0.1, -0.05) is 0 Å². The molecule has 2 aromatic heterocycles. The smallest absolute Gasteiger partial charge is 0.341 e. The summed E-state index contributed by atoms with van der Waals surface area (Å²) in [6, 6.07) is 0. The molecule has 0 spiro atoms. The van der Waals surface area contributed by atoms with Crippen LogP contribution in [0.1, 0.15) is 23.0 Å². The lowest BCUT2D eigenvalue weighted by Gasteiger charge is -2.05. The quantitative estimate of drug-likeness (QED) is 0.673. The minimum Gasteiger partial charge on any atom is -0.462 e. The molecule has 0 aliphatic heterocycles. The third-order valence-corrected chi connectivity index (χ3v) is 2.04. The largest absolute Gasteiger partial charge is 0.462 e. The first-order chi connectivity index (χ1) is 7.24. The van der Waals surface area contributed by atoms with E-state index in [1.807, 2.05) is 0 Å². The fraction of sp³-hybridized carbons (Fsp3) is 0.333. The van der Waals surface area contributed by atoms with Crippen LogP contribution in [0.4, 0.5) is 0 Å². The Hall–Kier alpha value is -1.98. The van der Waals surface area contributed by atoms with E-state index in [4.69, 9.17) is 4.74 Å². The molecular weight excluding hydrogens is 196 g/mol. The molecule has 0 saturated carbocycles. The van der Waals surface area contributed by atoms with Gasteiger partial charge in [-0.15, -0.1) is 0 Å². The number of carbonyl (C=O) groups is 1. The van der Waals surface area contributed by atoms with Crippen molar-refractivity contribution in [3.8, 4) is 0 Å². The highest BCUT2D eigenvalue weighted by atomic mass is 16.5. The second-order valence-electron chi connectivity index (χ2n) is 2.95. The first-order valence-electron chi connectivity index (χ1n) is 4.56. The van der Waals surface area contributed by atoms with Crippen molar-refractivity contribution in [2.45, 2.75) is 13.8 Å². The molecule has 0 bridgehead atoms. The van der Waals surface area contributed by atoms with E-state index < -0.39 is 0 Å². The van der Waals surface area contributed by atoms with Crippen molar-refractivity contribution in [3.05, 3.63) is 23.8 Å². The summed E-state index contributed by atoms with van der Waals surface area (Å²) >= 11 is 0. The summed E-state index contributed by atoms with van der Waals surface area (Å²) in [6.07, 6.45) is 2.85. The highest BCUT2D eigenvalue weighted by Crippen LogP contribution is 2.08. The maximum Gasteiger partial charge on any atom is 0.341 e. The lowest BCUT2D eigenvalue weighted by atomic mass is 10.2. The first-order valence-corrected chi connectivity index (χ1v) is 4.56. The molecular formula is C9H10N4O2. The highest BCUT2D eigenvalue weighted by Gasteiger charge is 2.13. The maximum absolute atomic E-state index is 11.5. The van der Waals surface area contributed by atoms with Gasteiger partial charge in [-0.25, -0.2) is 14.3 Å². The zero-order chi connectivity index (χ0) is 10.8. The molecule has 2 rings (SSSR count). The molecule has 0 aliphatic carbocycles. The minimum atomic E-state index is -0.389. The molecule has 0 aromatic carbocycles. The number of fused-ring (bicyclic) bond motifs is 1. The average molecular weight is 206 g/mol. The summed E-state index contributed by atoms with van der Waals surface area (Å²) in [7, 11) is 0.